The molecule has 0 aromatic heterocycles. The number of rotatable bonds is 5. The van der Waals surface area contributed by atoms with E-state index in [0.717, 1.165) is 24.0 Å². The van der Waals surface area contributed by atoms with Gasteiger partial charge in [0.1, 0.15) is 0 Å². The Kier molecular flexibility index (Phi) is 9.51. The lowest BCUT2D eigenvalue weighted by Crippen LogP contribution is -2.36. The van der Waals surface area contributed by atoms with Crippen LogP contribution in [0.2, 0.25) is 0 Å². The molecule has 0 radical (unpaired) electrons. The molecule has 2 rings (SSSR count). The maximum absolute atomic E-state index is 12.7. The fourth-order valence-electron chi connectivity index (χ4n) is 3.97. The van der Waals surface area contributed by atoms with Crippen molar-refractivity contribution in [3.05, 3.63) is 23.3 Å². The Balaban J connectivity index is 1.93. The summed E-state index contributed by atoms with van der Waals surface area (Å²) in [5.74, 6) is 1.50. The van der Waals surface area contributed by atoms with E-state index in [4.69, 9.17) is 9.47 Å². The molecule has 1 aliphatic rings. The Morgan fingerprint density at radius 3 is 1.89 bits per heavy atom. The molecule has 1 aliphatic carbocycles. The number of amides is 1. The van der Waals surface area contributed by atoms with Gasteiger partial charge in [0.15, 0.2) is 11.5 Å². The van der Waals surface area contributed by atoms with Gasteiger partial charge in [0.25, 0.3) is 0 Å². The van der Waals surface area contributed by atoms with E-state index >= 15 is 0 Å². The molecule has 0 heterocycles. The van der Waals surface area contributed by atoms with Crippen LogP contribution in [-0.4, -0.2) is 26.2 Å². The van der Waals surface area contributed by atoms with Gasteiger partial charge in [-0.25, -0.2) is 0 Å². The molecule has 0 saturated heterocycles. The summed E-state index contributed by atoms with van der Waals surface area (Å²) in [6.07, 6.45) is 14.5. The summed E-state index contributed by atoms with van der Waals surface area (Å²) >= 11 is 0. The van der Waals surface area contributed by atoms with E-state index in [-0.39, 0.29) is 5.91 Å². The monoisotopic (exact) mass is 375 g/mol. The maximum atomic E-state index is 12.7. The molecule has 0 unspecified atom stereocenters. The molecule has 1 saturated carbocycles. The largest absolute Gasteiger partial charge is 0.493 e. The third kappa shape index (κ3) is 7.43. The van der Waals surface area contributed by atoms with E-state index in [1.807, 2.05) is 19.1 Å². The number of carbonyl (C=O) groups excluding carboxylic acids is 1. The fourth-order valence-corrected chi connectivity index (χ4v) is 3.97. The highest BCUT2D eigenvalue weighted by atomic mass is 16.5. The highest BCUT2D eigenvalue weighted by Crippen LogP contribution is 2.30. The number of nitrogens with one attached hydrogen (secondary N) is 1. The first kappa shape index (κ1) is 21.6. The van der Waals surface area contributed by atoms with E-state index in [2.05, 4.69) is 5.32 Å². The number of methoxy groups -OCH3 is 2. The van der Waals surface area contributed by atoms with Crippen LogP contribution in [0.1, 0.15) is 81.8 Å². The molecule has 1 amide bonds. The van der Waals surface area contributed by atoms with Crippen LogP contribution in [0.5, 0.6) is 11.5 Å². The van der Waals surface area contributed by atoms with Crippen LogP contribution in [0.3, 0.4) is 0 Å². The average molecular weight is 376 g/mol. The summed E-state index contributed by atoms with van der Waals surface area (Å²) < 4.78 is 10.7. The van der Waals surface area contributed by atoms with Gasteiger partial charge in [-0.1, -0.05) is 57.8 Å². The van der Waals surface area contributed by atoms with E-state index in [9.17, 15) is 4.79 Å². The van der Waals surface area contributed by atoms with Crippen LogP contribution in [0.15, 0.2) is 12.1 Å². The zero-order valence-corrected chi connectivity index (χ0v) is 17.4. The summed E-state index contributed by atoms with van der Waals surface area (Å²) in [7, 11) is 3.26. The normalized spacial score (nSPS) is 17.4. The van der Waals surface area contributed by atoms with Gasteiger partial charge < -0.3 is 14.8 Å². The quantitative estimate of drug-likeness (QED) is 0.755. The lowest BCUT2D eigenvalue weighted by atomic mass is 9.97. The first-order valence-corrected chi connectivity index (χ1v) is 10.6. The second-order valence-corrected chi connectivity index (χ2v) is 7.83. The number of hydrogen-bond donors (Lipinski definition) is 1. The Hall–Kier alpha value is -1.71. The molecule has 0 spiro atoms. The van der Waals surface area contributed by atoms with Gasteiger partial charge in [-0.05, 0) is 43.0 Å². The molecule has 1 aromatic carbocycles. The number of aryl methyl sites for hydroxylation is 1. The number of benzene rings is 1. The van der Waals surface area contributed by atoms with Gasteiger partial charge >= 0.3 is 0 Å². The van der Waals surface area contributed by atoms with Crippen molar-refractivity contribution in [3.63, 3.8) is 0 Å². The first-order valence-electron chi connectivity index (χ1n) is 10.6. The molecule has 1 fully saturated rings. The van der Waals surface area contributed by atoms with Gasteiger partial charge in [-0.15, -0.1) is 0 Å². The van der Waals surface area contributed by atoms with Crippen molar-refractivity contribution in [2.45, 2.75) is 90.0 Å². The first-order chi connectivity index (χ1) is 13.1. The van der Waals surface area contributed by atoms with Crippen molar-refractivity contribution in [2.75, 3.05) is 14.2 Å². The summed E-state index contributed by atoms with van der Waals surface area (Å²) in [4.78, 5) is 12.7. The fraction of sp³-hybridized carbons (Fsp3) is 0.696. The van der Waals surface area contributed by atoms with Crippen LogP contribution in [0.4, 0.5) is 0 Å². The van der Waals surface area contributed by atoms with Gasteiger partial charge in [-0.3, -0.25) is 4.79 Å². The molecule has 1 N–H and O–H groups in total. The molecular formula is C23H37NO3. The lowest BCUT2D eigenvalue weighted by Gasteiger charge is -2.20. The summed E-state index contributed by atoms with van der Waals surface area (Å²) in [5.41, 5.74) is 2.06. The lowest BCUT2D eigenvalue weighted by molar-refractivity contribution is -0.121. The van der Waals surface area contributed by atoms with Crippen molar-refractivity contribution < 1.29 is 14.3 Å². The highest BCUT2D eigenvalue weighted by Gasteiger charge is 2.16. The highest BCUT2D eigenvalue weighted by molar-refractivity contribution is 5.79. The molecule has 27 heavy (non-hydrogen) atoms. The molecule has 0 aliphatic heterocycles. The van der Waals surface area contributed by atoms with Crippen LogP contribution in [0, 0.1) is 6.92 Å². The van der Waals surface area contributed by atoms with Crippen LogP contribution < -0.4 is 14.8 Å². The van der Waals surface area contributed by atoms with Crippen LogP contribution >= 0.6 is 0 Å². The summed E-state index contributed by atoms with van der Waals surface area (Å²) in [6, 6.07) is 4.18. The number of ether oxygens (including phenoxy) is 2. The number of carbonyl (C=O) groups is 1. The maximum Gasteiger partial charge on any atom is 0.224 e. The minimum Gasteiger partial charge on any atom is -0.493 e. The Labute approximate surface area is 165 Å². The van der Waals surface area contributed by atoms with Crippen molar-refractivity contribution in [1.29, 1.82) is 0 Å². The molecule has 1 aromatic rings. The molecule has 4 nitrogen and oxygen atoms in total. The molecule has 152 valence electrons. The van der Waals surface area contributed by atoms with E-state index in [0.29, 0.717) is 24.0 Å². The predicted molar refractivity (Wildman–Crippen MR) is 111 cm³/mol. The minimum atomic E-state index is 0.113. The van der Waals surface area contributed by atoms with Crippen molar-refractivity contribution in [3.8, 4) is 11.5 Å². The zero-order valence-electron chi connectivity index (χ0n) is 17.4. The predicted octanol–water partition coefficient (Wildman–Crippen LogP) is 5.34. The molecule has 4 heteroatoms. The van der Waals surface area contributed by atoms with E-state index in [1.165, 1.54) is 57.8 Å². The Bertz CT molecular complexity index is 573. The van der Waals surface area contributed by atoms with Gasteiger partial charge in [0.05, 0.1) is 20.6 Å². The third-order valence-electron chi connectivity index (χ3n) is 5.66. The van der Waals surface area contributed by atoms with Crippen molar-refractivity contribution >= 4 is 5.91 Å². The molecule has 0 bridgehead atoms. The summed E-state index contributed by atoms with van der Waals surface area (Å²) in [5, 5.41) is 3.30. The van der Waals surface area contributed by atoms with E-state index < -0.39 is 0 Å². The number of hydrogen-bond acceptors (Lipinski definition) is 3. The average Bonchev–Trinajstić information content (AvgIpc) is 2.65. The van der Waals surface area contributed by atoms with Gasteiger partial charge in [-0.2, -0.15) is 0 Å². The third-order valence-corrected chi connectivity index (χ3v) is 5.66. The van der Waals surface area contributed by atoms with Gasteiger partial charge in [0, 0.05) is 6.04 Å². The van der Waals surface area contributed by atoms with Crippen molar-refractivity contribution in [2.24, 2.45) is 0 Å². The standard InChI is InChI=1S/C23H37NO3/c1-18-15-21(26-2)22(27-3)16-19(18)17-23(25)24-20-13-11-9-7-5-4-6-8-10-12-14-20/h15-16,20H,4-14,17H2,1-3H3,(H,24,25). The van der Waals surface area contributed by atoms with Crippen LogP contribution in [-0.2, 0) is 11.2 Å². The van der Waals surface area contributed by atoms with Crippen molar-refractivity contribution in [1.82, 2.24) is 5.32 Å². The Morgan fingerprint density at radius 1 is 0.889 bits per heavy atom. The minimum absolute atomic E-state index is 0.113. The zero-order chi connectivity index (χ0) is 19.5. The SMILES string of the molecule is COc1cc(C)c(CC(=O)NC2CCCCCCCCCCC2)cc1OC. The topological polar surface area (TPSA) is 47.6 Å². The second-order valence-electron chi connectivity index (χ2n) is 7.83. The summed E-state index contributed by atoms with van der Waals surface area (Å²) in [6.45, 7) is 2.01. The molecular weight excluding hydrogens is 338 g/mol. The smallest absolute Gasteiger partial charge is 0.224 e. The Morgan fingerprint density at radius 2 is 1.37 bits per heavy atom. The van der Waals surface area contributed by atoms with E-state index in [1.54, 1.807) is 14.2 Å². The van der Waals surface area contributed by atoms with Gasteiger partial charge in [0.2, 0.25) is 5.91 Å². The van der Waals surface area contributed by atoms with Crippen LogP contribution in [0.25, 0.3) is 0 Å². The second kappa shape index (κ2) is 11.9. The molecule has 0 atom stereocenters.